The predicted octanol–water partition coefficient (Wildman–Crippen LogP) is 1.47. The molecule has 86 valence electrons. The molecule has 0 spiro atoms. The lowest BCUT2D eigenvalue weighted by Crippen LogP contribution is -2.40. The number of nitrogens with zero attached hydrogens (tertiary/aromatic N) is 2. The summed E-state index contributed by atoms with van der Waals surface area (Å²) in [4.78, 5) is 16.9. The van der Waals surface area contributed by atoms with Gasteiger partial charge in [0.05, 0.1) is 0 Å². The van der Waals surface area contributed by atoms with E-state index in [4.69, 9.17) is 4.74 Å². The molecule has 1 saturated heterocycles. The highest BCUT2D eigenvalue weighted by Crippen LogP contribution is 2.17. The van der Waals surface area contributed by atoms with Gasteiger partial charge in [0, 0.05) is 45.2 Å². The van der Waals surface area contributed by atoms with Crippen molar-refractivity contribution in [3.8, 4) is 5.75 Å². The molecule has 1 amide bonds. The van der Waals surface area contributed by atoms with Crippen molar-refractivity contribution in [2.75, 3.05) is 13.1 Å². The molecular formula is C12H16N2O2. The third-order valence-corrected chi connectivity index (χ3v) is 2.84. The maximum Gasteiger partial charge on any atom is 0.219 e. The molecule has 16 heavy (non-hydrogen) atoms. The number of pyridine rings is 1. The number of aromatic nitrogens is 1. The van der Waals surface area contributed by atoms with Crippen LogP contribution in [0.3, 0.4) is 0 Å². The average Bonchev–Trinajstić information content (AvgIpc) is 2.31. The van der Waals surface area contributed by atoms with Gasteiger partial charge in [-0.2, -0.15) is 0 Å². The maximum atomic E-state index is 11.1. The summed E-state index contributed by atoms with van der Waals surface area (Å²) in [5, 5.41) is 0. The fourth-order valence-electron chi connectivity index (χ4n) is 1.90. The van der Waals surface area contributed by atoms with Crippen molar-refractivity contribution in [2.45, 2.75) is 25.9 Å². The van der Waals surface area contributed by atoms with Crippen molar-refractivity contribution < 1.29 is 9.53 Å². The Labute approximate surface area is 95.2 Å². The Morgan fingerprint density at radius 1 is 1.38 bits per heavy atom. The number of amides is 1. The molecule has 1 aliphatic rings. The highest BCUT2D eigenvalue weighted by molar-refractivity contribution is 5.73. The van der Waals surface area contributed by atoms with E-state index in [2.05, 4.69) is 4.98 Å². The number of hydrogen-bond acceptors (Lipinski definition) is 3. The SMILES string of the molecule is CC(=O)N1CCC(Oc2ccncc2)CC1. The van der Waals surface area contributed by atoms with E-state index in [0.717, 1.165) is 31.7 Å². The van der Waals surface area contributed by atoms with Crippen molar-refractivity contribution in [3.63, 3.8) is 0 Å². The van der Waals surface area contributed by atoms with Crippen LogP contribution in [0.5, 0.6) is 5.75 Å². The third-order valence-electron chi connectivity index (χ3n) is 2.84. The van der Waals surface area contributed by atoms with Crippen molar-refractivity contribution in [2.24, 2.45) is 0 Å². The van der Waals surface area contributed by atoms with Gasteiger partial charge in [-0.05, 0) is 12.1 Å². The molecule has 0 N–H and O–H groups in total. The van der Waals surface area contributed by atoms with Crippen LogP contribution < -0.4 is 4.74 Å². The number of piperidine rings is 1. The molecule has 0 bridgehead atoms. The molecule has 0 saturated carbocycles. The van der Waals surface area contributed by atoms with Crippen LogP contribution in [0.25, 0.3) is 0 Å². The molecular weight excluding hydrogens is 204 g/mol. The van der Waals surface area contributed by atoms with Crippen molar-refractivity contribution in [1.29, 1.82) is 0 Å². The second kappa shape index (κ2) is 4.96. The van der Waals surface area contributed by atoms with Gasteiger partial charge in [-0.3, -0.25) is 9.78 Å². The zero-order valence-electron chi connectivity index (χ0n) is 9.43. The Kier molecular flexibility index (Phi) is 3.39. The molecule has 1 aromatic heterocycles. The number of ether oxygens (including phenoxy) is 1. The summed E-state index contributed by atoms with van der Waals surface area (Å²) in [5.74, 6) is 1.01. The zero-order valence-corrected chi connectivity index (χ0v) is 9.43. The molecule has 0 aliphatic carbocycles. The summed E-state index contributed by atoms with van der Waals surface area (Å²) < 4.78 is 5.81. The topological polar surface area (TPSA) is 42.4 Å². The van der Waals surface area contributed by atoms with Crippen LogP contribution in [-0.2, 0) is 4.79 Å². The molecule has 2 rings (SSSR count). The van der Waals surface area contributed by atoms with Gasteiger partial charge in [-0.1, -0.05) is 0 Å². The van der Waals surface area contributed by atoms with Crippen LogP contribution in [0.2, 0.25) is 0 Å². The zero-order chi connectivity index (χ0) is 11.4. The standard InChI is InChI=1S/C12H16N2O2/c1-10(15)14-8-4-12(5-9-14)16-11-2-6-13-7-3-11/h2-3,6-7,12H,4-5,8-9H2,1H3. The molecule has 0 unspecified atom stereocenters. The Morgan fingerprint density at radius 2 is 2.00 bits per heavy atom. The van der Waals surface area contributed by atoms with Gasteiger partial charge in [0.25, 0.3) is 0 Å². The third kappa shape index (κ3) is 2.72. The van der Waals surface area contributed by atoms with Gasteiger partial charge >= 0.3 is 0 Å². The summed E-state index contributed by atoms with van der Waals surface area (Å²) in [6, 6.07) is 3.72. The first kappa shape index (κ1) is 10.9. The lowest BCUT2D eigenvalue weighted by atomic mass is 10.1. The molecule has 4 heteroatoms. The Hall–Kier alpha value is -1.58. The van der Waals surface area contributed by atoms with Crippen molar-refractivity contribution in [3.05, 3.63) is 24.5 Å². The van der Waals surface area contributed by atoms with Gasteiger partial charge in [0.2, 0.25) is 5.91 Å². The van der Waals surface area contributed by atoms with Crippen LogP contribution in [0, 0.1) is 0 Å². The van der Waals surface area contributed by atoms with E-state index < -0.39 is 0 Å². The first-order valence-electron chi connectivity index (χ1n) is 5.58. The molecule has 0 atom stereocenters. The fraction of sp³-hybridized carbons (Fsp3) is 0.500. The summed E-state index contributed by atoms with van der Waals surface area (Å²) >= 11 is 0. The van der Waals surface area contributed by atoms with E-state index in [1.54, 1.807) is 19.3 Å². The number of likely N-dealkylation sites (tertiary alicyclic amines) is 1. The normalized spacial score (nSPS) is 17.2. The minimum Gasteiger partial charge on any atom is -0.490 e. The van der Waals surface area contributed by atoms with Gasteiger partial charge in [-0.15, -0.1) is 0 Å². The lowest BCUT2D eigenvalue weighted by molar-refractivity contribution is -0.130. The quantitative estimate of drug-likeness (QED) is 0.758. The highest BCUT2D eigenvalue weighted by Gasteiger charge is 2.21. The van der Waals surface area contributed by atoms with E-state index in [1.807, 2.05) is 17.0 Å². The molecule has 1 aliphatic heterocycles. The van der Waals surface area contributed by atoms with E-state index in [0.29, 0.717) is 0 Å². The summed E-state index contributed by atoms with van der Waals surface area (Å²) in [7, 11) is 0. The Balaban J connectivity index is 1.84. The van der Waals surface area contributed by atoms with Gasteiger partial charge in [0.15, 0.2) is 0 Å². The summed E-state index contributed by atoms with van der Waals surface area (Å²) in [6.07, 6.45) is 5.47. The van der Waals surface area contributed by atoms with Crippen LogP contribution in [0.15, 0.2) is 24.5 Å². The van der Waals surface area contributed by atoms with E-state index in [-0.39, 0.29) is 12.0 Å². The van der Waals surface area contributed by atoms with Crippen LogP contribution in [0.4, 0.5) is 0 Å². The molecule has 0 radical (unpaired) electrons. The average molecular weight is 220 g/mol. The smallest absolute Gasteiger partial charge is 0.219 e. The monoisotopic (exact) mass is 220 g/mol. The van der Waals surface area contributed by atoms with Gasteiger partial charge < -0.3 is 9.64 Å². The Bertz CT molecular complexity index is 345. The molecule has 2 heterocycles. The van der Waals surface area contributed by atoms with Gasteiger partial charge in [0.1, 0.15) is 11.9 Å². The molecule has 1 fully saturated rings. The Morgan fingerprint density at radius 3 is 2.56 bits per heavy atom. The lowest BCUT2D eigenvalue weighted by Gasteiger charge is -2.31. The molecule has 0 aromatic carbocycles. The van der Waals surface area contributed by atoms with Gasteiger partial charge in [-0.25, -0.2) is 0 Å². The fourth-order valence-corrected chi connectivity index (χ4v) is 1.90. The number of hydrogen-bond donors (Lipinski definition) is 0. The summed E-state index contributed by atoms with van der Waals surface area (Å²) in [6.45, 7) is 3.21. The van der Waals surface area contributed by atoms with Crippen molar-refractivity contribution in [1.82, 2.24) is 9.88 Å². The van der Waals surface area contributed by atoms with E-state index >= 15 is 0 Å². The minimum atomic E-state index is 0.155. The van der Waals surface area contributed by atoms with E-state index in [9.17, 15) is 4.79 Å². The predicted molar refractivity (Wildman–Crippen MR) is 60.1 cm³/mol. The molecule has 4 nitrogen and oxygen atoms in total. The summed E-state index contributed by atoms with van der Waals surface area (Å²) in [5.41, 5.74) is 0. The first-order chi connectivity index (χ1) is 7.75. The minimum absolute atomic E-state index is 0.155. The second-order valence-corrected chi connectivity index (χ2v) is 4.01. The first-order valence-corrected chi connectivity index (χ1v) is 5.58. The number of carbonyl (C=O) groups is 1. The highest BCUT2D eigenvalue weighted by atomic mass is 16.5. The van der Waals surface area contributed by atoms with Crippen LogP contribution in [0.1, 0.15) is 19.8 Å². The van der Waals surface area contributed by atoms with Crippen molar-refractivity contribution >= 4 is 5.91 Å². The van der Waals surface area contributed by atoms with Crippen LogP contribution >= 0.6 is 0 Å². The van der Waals surface area contributed by atoms with Crippen LogP contribution in [-0.4, -0.2) is 35.0 Å². The molecule has 1 aromatic rings. The van der Waals surface area contributed by atoms with E-state index in [1.165, 1.54) is 0 Å². The maximum absolute atomic E-state index is 11.1. The second-order valence-electron chi connectivity index (χ2n) is 4.01. The number of rotatable bonds is 2. The number of carbonyl (C=O) groups excluding carboxylic acids is 1. The largest absolute Gasteiger partial charge is 0.490 e.